The summed E-state index contributed by atoms with van der Waals surface area (Å²) in [6.45, 7) is 7.89. The Morgan fingerprint density at radius 3 is 2.28 bits per heavy atom. The smallest absolute Gasteiger partial charge is 0.257 e. The second-order valence-corrected chi connectivity index (χ2v) is 11.7. The maximum Gasteiger partial charge on any atom is 0.257 e. The molecule has 2 amide bonds. The van der Waals surface area contributed by atoms with Gasteiger partial charge in [-0.15, -0.1) is 0 Å². The van der Waals surface area contributed by atoms with E-state index in [0.717, 1.165) is 22.3 Å². The second kappa shape index (κ2) is 11.9. The Hall–Kier alpha value is -3.89. The van der Waals surface area contributed by atoms with Gasteiger partial charge in [-0.05, 0) is 81.5 Å². The van der Waals surface area contributed by atoms with Crippen molar-refractivity contribution in [3.05, 3.63) is 88.7 Å². The summed E-state index contributed by atoms with van der Waals surface area (Å²) in [6, 6.07) is 14.3. The third-order valence-corrected chi connectivity index (χ3v) is 9.03. The number of carbonyl (C=O) groups is 2. The molecule has 0 spiro atoms. The second-order valence-electron chi connectivity index (χ2n) is 9.86. The molecule has 3 aromatic rings. The van der Waals surface area contributed by atoms with Gasteiger partial charge >= 0.3 is 0 Å². The van der Waals surface area contributed by atoms with E-state index in [1.807, 2.05) is 39.0 Å². The van der Waals surface area contributed by atoms with Crippen molar-refractivity contribution in [1.29, 1.82) is 0 Å². The zero-order valence-electron chi connectivity index (χ0n) is 22.6. The molecular formula is C29H33N5O4S. The highest BCUT2D eigenvalue weighted by Crippen LogP contribution is 2.29. The Bertz CT molecular complexity index is 1490. The maximum atomic E-state index is 13.3. The molecule has 1 fully saturated rings. The number of benzene rings is 2. The van der Waals surface area contributed by atoms with Crippen LogP contribution in [0.2, 0.25) is 0 Å². The van der Waals surface area contributed by atoms with Gasteiger partial charge in [0.05, 0.1) is 16.2 Å². The van der Waals surface area contributed by atoms with Crippen LogP contribution in [0.1, 0.15) is 52.4 Å². The molecule has 1 aromatic heterocycles. The summed E-state index contributed by atoms with van der Waals surface area (Å²) < 4.78 is 28.1. The molecule has 2 heterocycles. The molecule has 1 aliphatic heterocycles. The fraction of sp³-hybridized carbons (Fsp3) is 0.310. The average molecular weight is 548 g/mol. The van der Waals surface area contributed by atoms with Crippen LogP contribution in [-0.2, 0) is 14.8 Å². The number of aryl methyl sites for hydroxylation is 3. The molecule has 0 unspecified atom stereocenters. The summed E-state index contributed by atoms with van der Waals surface area (Å²) in [4.78, 5) is 29.6. The minimum Gasteiger partial charge on any atom is -0.322 e. The number of piperidine rings is 1. The molecular weight excluding hydrogens is 514 g/mol. The van der Waals surface area contributed by atoms with Gasteiger partial charge in [0, 0.05) is 37.1 Å². The van der Waals surface area contributed by atoms with Crippen molar-refractivity contribution in [3.8, 4) is 0 Å². The fourth-order valence-electron chi connectivity index (χ4n) is 4.88. The number of carbonyl (C=O) groups excluding carboxylic acids is 2. The Morgan fingerprint density at radius 2 is 1.64 bits per heavy atom. The van der Waals surface area contributed by atoms with Crippen LogP contribution in [0, 0.1) is 26.7 Å². The molecule has 0 aliphatic carbocycles. The van der Waals surface area contributed by atoms with Crippen molar-refractivity contribution >= 4 is 33.2 Å². The highest BCUT2D eigenvalue weighted by atomic mass is 32.2. The van der Waals surface area contributed by atoms with Crippen molar-refractivity contribution in [2.24, 2.45) is 11.0 Å². The predicted octanol–water partition coefficient (Wildman–Crippen LogP) is 4.20. The zero-order valence-corrected chi connectivity index (χ0v) is 23.4. The van der Waals surface area contributed by atoms with Gasteiger partial charge < -0.3 is 5.32 Å². The molecule has 0 atom stereocenters. The SMILES string of the molecule is CC(=NNC(=O)C1CCN(S(=O)(=O)c2c(C)cc(C)cc2C)CC1)c1cccc(NC(=O)c2cccnc2)c1. The van der Waals surface area contributed by atoms with E-state index in [0.29, 0.717) is 34.7 Å². The Labute approximate surface area is 229 Å². The van der Waals surface area contributed by atoms with Gasteiger partial charge in [0.2, 0.25) is 15.9 Å². The lowest BCUT2D eigenvalue weighted by atomic mass is 9.98. The van der Waals surface area contributed by atoms with Crippen molar-refractivity contribution < 1.29 is 18.0 Å². The number of hydrazone groups is 1. The number of aromatic nitrogens is 1. The number of sulfonamides is 1. The van der Waals surface area contributed by atoms with E-state index in [9.17, 15) is 18.0 Å². The van der Waals surface area contributed by atoms with E-state index >= 15 is 0 Å². The highest BCUT2D eigenvalue weighted by Gasteiger charge is 2.33. The van der Waals surface area contributed by atoms with Gasteiger partial charge in [-0.25, -0.2) is 13.8 Å². The number of pyridine rings is 1. The van der Waals surface area contributed by atoms with Crippen molar-refractivity contribution in [3.63, 3.8) is 0 Å². The lowest BCUT2D eigenvalue weighted by Crippen LogP contribution is -2.42. The van der Waals surface area contributed by atoms with Gasteiger partial charge in [0.25, 0.3) is 5.91 Å². The summed E-state index contributed by atoms with van der Waals surface area (Å²) in [7, 11) is -3.64. The number of nitrogens with one attached hydrogen (secondary N) is 2. The molecule has 4 rings (SSSR count). The molecule has 10 heteroatoms. The van der Waals surface area contributed by atoms with E-state index in [-0.39, 0.29) is 30.8 Å². The molecule has 2 aromatic carbocycles. The summed E-state index contributed by atoms with van der Waals surface area (Å²) in [5.41, 5.74) is 7.48. The van der Waals surface area contributed by atoms with Crippen molar-refractivity contribution in [1.82, 2.24) is 14.7 Å². The first kappa shape index (κ1) is 28.1. The Balaban J connectivity index is 1.35. The topological polar surface area (TPSA) is 121 Å². The quantitative estimate of drug-likeness (QED) is 0.339. The van der Waals surface area contributed by atoms with Crippen LogP contribution in [0.3, 0.4) is 0 Å². The van der Waals surface area contributed by atoms with Crippen molar-refractivity contribution in [2.45, 2.75) is 45.4 Å². The van der Waals surface area contributed by atoms with Crippen LogP contribution in [0.4, 0.5) is 5.69 Å². The van der Waals surface area contributed by atoms with E-state index in [1.54, 1.807) is 43.5 Å². The lowest BCUT2D eigenvalue weighted by molar-refractivity contribution is -0.126. The molecule has 39 heavy (non-hydrogen) atoms. The van der Waals surface area contributed by atoms with Crippen LogP contribution in [0.15, 0.2) is 70.9 Å². The normalized spacial score (nSPS) is 15.1. The number of anilines is 1. The van der Waals surface area contributed by atoms with Gasteiger partial charge in [-0.3, -0.25) is 14.6 Å². The van der Waals surface area contributed by atoms with Gasteiger partial charge in [-0.1, -0.05) is 29.8 Å². The largest absolute Gasteiger partial charge is 0.322 e. The summed E-state index contributed by atoms with van der Waals surface area (Å²) in [5, 5.41) is 7.09. The third-order valence-electron chi connectivity index (χ3n) is 6.82. The molecule has 2 N–H and O–H groups in total. The van der Waals surface area contributed by atoms with E-state index < -0.39 is 10.0 Å². The highest BCUT2D eigenvalue weighted by molar-refractivity contribution is 7.89. The predicted molar refractivity (Wildman–Crippen MR) is 151 cm³/mol. The molecule has 204 valence electrons. The van der Waals surface area contributed by atoms with Gasteiger partial charge in [0.1, 0.15) is 0 Å². The molecule has 1 aliphatic rings. The summed E-state index contributed by atoms with van der Waals surface area (Å²) >= 11 is 0. The average Bonchev–Trinajstić information content (AvgIpc) is 2.91. The summed E-state index contributed by atoms with van der Waals surface area (Å²) in [5.74, 6) is -0.849. The lowest BCUT2D eigenvalue weighted by Gasteiger charge is -2.31. The summed E-state index contributed by atoms with van der Waals surface area (Å²) in [6.07, 6.45) is 3.93. The van der Waals surface area contributed by atoms with Gasteiger partial charge in [-0.2, -0.15) is 9.41 Å². The first-order chi connectivity index (χ1) is 18.6. The minimum absolute atomic E-state index is 0.241. The Kier molecular flexibility index (Phi) is 8.57. The molecule has 9 nitrogen and oxygen atoms in total. The number of hydrogen-bond donors (Lipinski definition) is 2. The van der Waals surface area contributed by atoms with Crippen LogP contribution in [0.5, 0.6) is 0 Å². The van der Waals surface area contributed by atoms with Crippen LogP contribution < -0.4 is 10.7 Å². The first-order valence-electron chi connectivity index (χ1n) is 12.8. The van der Waals surface area contributed by atoms with E-state index in [1.165, 1.54) is 10.5 Å². The third kappa shape index (κ3) is 6.58. The first-order valence-corrected chi connectivity index (χ1v) is 14.2. The van der Waals surface area contributed by atoms with Gasteiger partial charge in [0.15, 0.2) is 0 Å². The molecule has 0 bridgehead atoms. The van der Waals surface area contributed by atoms with Crippen LogP contribution in [0.25, 0.3) is 0 Å². The van der Waals surface area contributed by atoms with E-state index in [4.69, 9.17) is 0 Å². The maximum absolute atomic E-state index is 13.3. The molecule has 0 radical (unpaired) electrons. The number of nitrogens with zero attached hydrogens (tertiary/aromatic N) is 3. The fourth-order valence-corrected chi connectivity index (χ4v) is 6.76. The number of amides is 2. The van der Waals surface area contributed by atoms with Crippen LogP contribution in [-0.4, -0.2) is 48.3 Å². The monoisotopic (exact) mass is 547 g/mol. The molecule has 0 saturated carbocycles. The minimum atomic E-state index is -3.64. The Morgan fingerprint density at radius 1 is 0.974 bits per heavy atom. The number of rotatable bonds is 7. The standard InChI is InChI=1S/C29H33N5O4S/c1-19-15-20(2)27(21(3)16-19)39(37,38)34-13-10-23(11-14-34)29(36)33-32-22(4)24-7-5-9-26(17-24)31-28(35)25-8-6-12-30-18-25/h5-9,12,15-18,23H,10-11,13-14H2,1-4H3,(H,31,35)(H,33,36). The van der Waals surface area contributed by atoms with E-state index in [2.05, 4.69) is 20.8 Å². The zero-order chi connectivity index (χ0) is 28.2. The molecule has 1 saturated heterocycles. The van der Waals surface area contributed by atoms with Crippen LogP contribution >= 0.6 is 0 Å². The van der Waals surface area contributed by atoms with Crippen molar-refractivity contribution in [2.75, 3.05) is 18.4 Å². The number of hydrogen-bond acceptors (Lipinski definition) is 6.